The largest absolute Gasteiger partial charge is 0.325 e. The molecule has 0 saturated heterocycles. The summed E-state index contributed by atoms with van der Waals surface area (Å²) in [4.78, 5) is 14.3. The number of likely N-dealkylation sites (N-methyl/N-ethyl adjacent to an activating group) is 1. The third kappa shape index (κ3) is 4.67. The lowest BCUT2D eigenvalue weighted by atomic mass is 10.1. The van der Waals surface area contributed by atoms with Crippen molar-refractivity contribution in [3.05, 3.63) is 64.2 Å². The Labute approximate surface area is 139 Å². The fourth-order valence-corrected chi connectivity index (χ4v) is 2.64. The van der Waals surface area contributed by atoms with E-state index in [1.54, 1.807) is 0 Å². The zero-order chi connectivity index (χ0) is 17.0. The SMILES string of the molecule is Cc1ccc(C)c(CN(C)CC(=O)Nc2cccc(C)c2C)c1. The number of aryl methyl sites for hydroxylation is 3. The van der Waals surface area contributed by atoms with Crippen LogP contribution in [0.15, 0.2) is 36.4 Å². The van der Waals surface area contributed by atoms with E-state index in [4.69, 9.17) is 0 Å². The van der Waals surface area contributed by atoms with Gasteiger partial charge in [-0.2, -0.15) is 0 Å². The van der Waals surface area contributed by atoms with Crippen LogP contribution < -0.4 is 5.32 Å². The van der Waals surface area contributed by atoms with Gasteiger partial charge in [-0.1, -0.05) is 35.9 Å². The third-order valence-corrected chi connectivity index (χ3v) is 4.24. The molecule has 3 nitrogen and oxygen atoms in total. The van der Waals surface area contributed by atoms with Gasteiger partial charge >= 0.3 is 0 Å². The van der Waals surface area contributed by atoms with E-state index < -0.39 is 0 Å². The summed E-state index contributed by atoms with van der Waals surface area (Å²) in [5.41, 5.74) is 6.99. The normalized spacial score (nSPS) is 10.9. The lowest BCUT2D eigenvalue weighted by Gasteiger charge is -2.19. The van der Waals surface area contributed by atoms with Crippen LogP contribution in [0, 0.1) is 27.7 Å². The number of anilines is 1. The number of carbonyl (C=O) groups excluding carboxylic acids is 1. The topological polar surface area (TPSA) is 32.3 Å². The Kier molecular flexibility index (Phi) is 5.56. The average molecular weight is 310 g/mol. The molecule has 0 bridgehead atoms. The summed E-state index contributed by atoms with van der Waals surface area (Å²) in [7, 11) is 1.98. The quantitative estimate of drug-likeness (QED) is 0.905. The van der Waals surface area contributed by atoms with E-state index in [0.717, 1.165) is 17.8 Å². The highest BCUT2D eigenvalue weighted by atomic mass is 16.2. The Hall–Kier alpha value is -2.13. The molecular formula is C20H26N2O. The molecule has 2 aromatic rings. The molecule has 1 N–H and O–H groups in total. The number of benzene rings is 2. The number of nitrogens with zero attached hydrogens (tertiary/aromatic N) is 1. The van der Waals surface area contributed by atoms with Crippen molar-refractivity contribution in [3.63, 3.8) is 0 Å². The van der Waals surface area contributed by atoms with Gasteiger partial charge in [0.2, 0.25) is 5.91 Å². The zero-order valence-corrected chi connectivity index (χ0v) is 14.7. The smallest absolute Gasteiger partial charge is 0.238 e. The van der Waals surface area contributed by atoms with Gasteiger partial charge in [0, 0.05) is 12.2 Å². The molecule has 122 valence electrons. The van der Waals surface area contributed by atoms with Crippen LogP contribution in [0.25, 0.3) is 0 Å². The lowest BCUT2D eigenvalue weighted by Crippen LogP contribution is -2.30. The predicted molar refractivity (Wildman–Crippen MR) is 96.8 cm³/mol. The Balaban J connectivity index is 1.97. The first-order valence-electron chi connectivity index (χ1n) is 7.97. The second-order valence-electron chi connectivity index (χ2n) is 6.40. The molecule has 1 amide bonds. The monoisotopic (exact) mass is 310 g/mol. The number of rotatable bonds is 5. The highest BCUT2D eigenvalue weighted by molar-refractivity contribution is 5.93. The number of carbonyl (C=O) groups is 1. The Morgan fingerprint density at radius 2 is 1.78 bits per heavy atom. The highest BCUT2D eigenvalue weighted by Gasteiger charge is 2.10. The van der Waals surface area contributed by atoms with Crippen LogP contribution in [0.2, 0.25) is 0 Å². The van der Waals surface area contributed by atoms with E-state index in [-0.39, 0.29) is 5.91 Å². The number of hydrogen-bond donors (Lipinski definition) is 1. The first kappa shape index (κ1) is 17.2. The second-order valence-corrected chi connectivity index (χ2v) is 6.40. The minimum Gasteiger partial charge on any atom is -0.325 e. The second kappa shape index (κ2) is 7.42. The molecule has 2 aromatic carbocycles. The molecule has 0 unspecified atom stereocenters. The van der Waals surface area contributed by atoms with Crippen LogP contribution in [0.3, 0.4) is 0 Å². The molecule has 2 rings (SSSR count). The van der Waals surface area contributed by atoms with Crippen LogP contribution in [-0.2, 0) is 11.3 Å². The molecule has 0 atom stereocenters. The molecule has 0 fully saturated rings. The molecule has 0 aliphatic carbocycles. The van der Waals surface area contributed by atoms with Crippen molar-refractivity contribution in [1.29, 1.82) is 0 Å². The van der Waals surface area contributed by atoms with Gasteiger partial charge in [-0.25, -0.2) is 0 Å². The minimum absolute atomic E-state index is 0.0199. The van der Waals surface area contributed by atoms with E-state index in [0.29, 0.717) is 6.54 Å². The van der Waals surface area contributed by atoms with Crippen molar-refractivity contribution >= 4 is 11.6 Å². The van der Waals surface area contributed by atoms with Gasteiger partial charge in [0.15, 0.2) is 0 Å². The summed E-state index contributed by atoms with van der Waals surface area (Å²) in [5, 5.41) is 3.01. The Morgan fingerprint density at radius 1 is 1.04 bits per heavy atom. The molecule has 0 aliphatic heterocycles. The van der Waals surface area contributed by atoms with Crippen LogP contribution >= 0.6 is 0 Å². The summed E-state index contributed by atoms with van der Waals surface area (Å²) in [6.45, 7) is 9.44. The van der Waals surface area contributed by atoms with Gasteiger partial charge in [-0.3, -0.25) is 9.69 Å². The first-order valence-corrected chi connectivity index (χ1v) is 7.97. The Bertz CT molecular complexity index is 707. The van der Waals surface area contributed by atoms with Gasteiger partial charge in [-0.05, 0) is 63.1 Å². The van der Waals surface area contributed by atoms with Crippen molar-refractivity contribution in [2.75, 3.05) is 18.9 Å². The van der Waals surface area contributed by atoms with Crippen molar-refractivity contribution in [3.8, 4) is 0 Å². The zero-order valence-electron chi connectivity index (χ0n) is 14.7. The van der Waals surface area contributed by atoms with E-state index >= 15 is 0 Å². The van der Waals surface area contributed by atoms with Crippen molar-refractivity contribution in [2.45, 2.75) is 34.2 Å². The molecule has 0 aliphatic rings. The van der Waals surface area contributed by atoms with Gasteiger partial charge in [-0.15, -0.1) is 0 Å². The van der Waals surface area contributed by atoms with Crippen LogP contribution in [0.4, 0.5) is 5.69 Å². The van der Waals surface area contributed by atoms with E-state index in [1.165, 1.54) is 22.3 Å². The first-order chi connectivity index (χ1) is 10.9. The van der Waals surface area contributed by atoms with Gasteiger partial charge < -0.3 is 5.32 Å². The average Bonchev–Trinajstić information content (AvgIpc) is 2.47. The van der Waals surface area contributed by atoms with E-state index in [2.05, 4.69) is 50.4 Å². The van der Waals surface area contributed by atoms with Crippen molar-refractivity contribution in [1.82, 2.24) is 4.90 Å². The van der Waals surface area contributed by atoms with Crippen molar-refractivity contribution < 1.29 is 4.79 Å². The molecule has 0 heterocycles. The molecule has 0 saturated carbocycles. The van der Waals surface area contributed by atoms with Crippen LogP contribution in [0.1, 0.15) is 27.8 Å². The highest BCUT2D eigenvalue weighted by Crippen LogP contribution is 2.18. The standard InChI is InChI=1S/C20H26N2O/c1-14-9-10-16(3)18(11-14)12-22(5)13-20(23)21-19-8-6-7-15(2)17(19)4/h6-11H,12-13H2,1-5H3,(H,21,23). The third-order valence-electron chi connectivity index (χ3n) is 4.24. The predicted octanol–water partition coefficient (Wildman–Crippen LogP) is 3.99. The molecule has 0 aromatic heterocycles. The molecule has 0 spiro atoms. The summed E-state index contributed by atoms with van der Waals surface area (Å²) in [5.74, 6) is 0.0199. The lowest BCUT2D eigenvalue weighted by molar-refractivity contribution is -0.117. The molecule has 3 heteroatoms. The fraction of sp³-hybridized carbons (Fsp3) is 0.350. The summed E-state index contributed by atoms with van der Waals surface area (Å²) in [6, 6.07) is 12.4. The van der Waals surface area contributed by atoms with Gasteiger partial charge in [0.1, 0.15) is 0 Å². The van der Waals surface area contributed by atoms with E-state index in [1.807, 2.05) is 31.0 Å². The molecular weight excluding hydrogens is 284 g/mol. The van der Waals surface area contributed by atoms with Crippen LogP contribution in [-0.4, -0.2) is 24.4 Å². The molecule has 23 heavy (non-hydrogen) atoms. The maximum atomic E-state index is 12.3. The van der Waals surface area contributed by atoms with E-state index in [9.17, 15) is 4.79 Å². The summed E-state index contributed by atoms with van der Waals surface area (Å²) < 4.78 is 0. The summed E-state index contributed by atoms with van der Waals surface area (Å²) in [6.07, 6.45) is 0. The maximum Gasteiger partial charge on any atom is 0.238 e. The van der Waals surface area contributed by atoms with Crippen LogP contribution in [0.5, 0.6) is 0 Å². The van der Waals surface area contributed by atoms with Crippen molar-refractivity contribution in [2.24, 2.45) is 0 Å². The molecule has 0 radical (unpaired) electrons. The Morgan fingerprint density at radius 3 is 2.52 bits per heavy atom. The minimum atomic E-state index is 0.0199. The van der Waals surface area contributed by atoms with Gasteiger partial charge in [0.25, 0.3) is 0 Å². The summed E-state index contributed by atoms with van der Waals surface area (Å²) >= 11 is 0. The maximum absolute atomic E-state index is 12.3. The number of nitrogens with one attached hydrogen (secondary N) is 1. The number of hydrogen-bond acceptors (Lipinski definition) is 2. The fourth-order valence-electron chi connectivity index (χ4n) is 2.64. The number of amides is 1. The van der Waals surface area contributed by atoms with Gasteiger partial charge in [0.05, 0.1) is 6.54 Å².